The monoisotopic (exact) mass is 298 g/mol. The molecule has 112 valence electrons. The van der Waals surface area contributed by atoms with Crippen LogP contribution in [0.4, 0.5) is 13.2 Å². The Morgan fingerprint density at radius 1 is 1.33 bits per heavy atom. The predicted octanol–water partition coefficient (Wildman–Crippen LogP) is 2.61. The summed E-state index contributed by atoms with van der Waals surface area (Å²) >= 11 is 0. The zero-order chi connectivity index (χ0) is 15.0. The van der Waals surface area contributed by atoms with Crippen molar-refractivity contribution in [3.8, 4) is 0 Å². The number of hydrogen-bond donors (Lipinski definition) is 1. The summed E-state index contributed by atoms with van der Waals surface area (Å²) in [4.78, 5) is 4.01. The van der Waals surface area contributed by atoms with E-state index in [4.69, 9.17) is 9.63 Å². The van der Waals surface area contributed by atoms with Crippen LogP contribution in [0.2, 0.25) is 0 Å². The fourth-order valence-electron chi connectivity index (χ4n) is 2.60. The van der Waals surface area contributed by atoms with Gasteiger partial charge in [-0.05, 0) is 24.0 Å². The van der Waals surface area contributed by atoms with Crippen LogP contribution >= 0.6 is 0 Å². The molecule has 0 bridgehead atoms. The Kier molecular flexibility index (Phi) is 3.44. The first kappa shape index (κ1) is 14.1. The molecule has 0 saturated heterocycles. The van der Waals surface area contributed by atoms with Crippen molar-refractivity contribution in [2.24, 2.45) is 0 Å². The Balaban J connectivity index is 1.78. The second-order valence-electron chi connectivity index (χ2n) is 5.10. The smallest absolute Gasteiger partial charge is 0.383 e. The Bertz CT molecular complexity index is 639. The summed E-state index contributed by atoms with van der Waals surface area (Å²) in [6.07, 6.45) is -6.20. The third-order valence-electron chi connectivity index (χ3n) is 3.67. The lowest BCUT2D eigenvalue weighted by Gasteiger charge is -2.11. The largest absolute Gasteiger partial charge is 0.414 e. The highest BCUT2D eigenvalue weighted by atomic mass is 19.4. The minimum atomic E-state index is -4.69. The molecule has 4 nitrogen and oxygen atoms in total. The highest BCUT2D eigenvalue weighted by molar-refractivity contribution is 5.38. The van der Waals surface area contributed by atoms with Crippen LogP contribution in [0.1, 0.15) is 35.2 Å². The van der Waals surface area contributed by atoms with Gasteiger partial charge in [-0.3, -0.25) is 0 Å². The number of aliphatic hydroxyl groups excluding tert-OH is 1. The highest BCUT2D eigenvalue weighted by Gasteiger charge is 2.39. The maximum Gasteiger partial charge on any atom is 0.414 e. The van der Waals surface area contributed by atoms with Crippen LogP contribution in [0.25, 0.3) is 0 Å². The molecule has 0 fully saturated rings. The molecule has 7 heteroatoms. The first-order valence-corrected chi connectivity index (χ1v) is 6.60. The molecular weight excluding hydrogens is 285 g/mol. The van der Waals surface area contributed by atoms with Crippen LogP contribution in [0, 0.1) is 0 Å². The minimum absolute atomic E-state index is 0.0540. The second kappa shape index (κ2) is 5.14. The van der Waals surface area contributed by atoms with Crippen LogP contribution in [-0.4, -0.2) is 27.5 Å². The Hall–Kier alpha value is -1.89. The van der Waals surface area contributed by atoms with Crippen molar-refractivity contribution >= 4 is 0 Å². The van der Waals surface area contributed by atoms with Gasteiger partial charge in [0.15, 0.2) is 11.9 Å². The van der Waals surface area contributed by atoms with Crippen LogP contribution in [0.3, 0.4) is 0 Å². The standard InChI is InChI=1S/C14H13F3N2O2/c15-14(16,17)11(20)7-12-18-13(19-21-12)10-6-5-8-3-1-2-4-9(8)10/h1-4,10-11,20H,5-7H2. The number of rotatable bonds is 3. The molecule has 1 aliphatic rings. The number of aryl methyl sites for hydroxylation is 1. The number of nitrogens with zero attached hydrogens (tertiary/aromatic N) is 2. The Labute approximate surface area is 118 Å². The quantitative estimate of drug-likeness (QED) is 0.946. The molecule has 1 aromatic carbocycles. The van der Waals surface area contributed by atoms with Crippen LogP contribution in [0.5, 0.6) is 0 Å². The first-order valence-electron chi connectivity index (χ1n) is 6.60. The van der Waals surface area contributed by atoms with Gasteiger partial charge in [0, 0.05) is 5.92 Å². The van der Waals surface area contributed by atoms with Gasteiger partial charge in [-0.1, -0.05) is 29.4 Å². The maximum absolute atomic E-state index is 12.3. The van der Waals surface area contributed by atoms with Gasteiger partial charge in [0.1, 0.15) is 0 Å². The zero-order valence-electron chi connectivity index (χ0n) is 11.0. The molecule has 3 rings (SSSR count). The van der Waals surface area contributed by atoms with E-state index in [0.717, 1.165) is 18.4 Å². The van der Waals surface area contributed by atoms with Crippen molar-refractivity contribution in [1.29, 1.82) is 0 Å². The zero-order valence-corrected chi connectivity index (χ0v) is 11.0. The number of benzene rings is 1. The lowest BCUT2D eigenvalue weighted by molar-refractivity contribution is -0.204. The molecule has 1 heterocycles. The molecule has 2 unspecified atom stereocenters. The number of aromatic nitrogens is 2. The molecule has 0 aliphatic heterocycles. The van der Waals surface area contributed by atoms with Gasteiger partial charge in [-0.2, -0.15) is 18.2 Å². The third-order valence-corrected chi connectivity index (χ3v) is 3.67. The third kappa shape index (κ3) is 2.78. The van der Waals surface area contributed by atoms with E-state index >= 15 is 0 Å². The van der Waals surface area contributed by atoms with Crippen LogP contribution in [0.15, 0.2) is 28.8 Å². The lowest BCUT2D eigenvalue weighted by Crippen LogP contribution is -2.30. The van der Waals surface area contributed by atoms with E-state index in [1.165, 1.54) is 5.56 Å². The topological polar surface area (TPSA) is 59.2 Å². The molecule has 21 heavy (non-hydrogen) atoms. The number of halogens is 3. The average Bonchev–Trinajstić information content (AvgIpc) is 3.03. The first-order chi connectivity index (χ1) is 9.95. The second-order valence-corrected chi connectivity index (χ2v) is 5.10. The van der Waals surface area contributed by atoms with E-state index in [9.17, 15) is 13.2 Å². The van der Waals surface area contributed by atoms with Gasteiger partial charge < -0.3 is 9.63 Å². The normalized spacial score (nSPS) is 19.5. The number of fused-ring (bicyclic) bond motifs is 1. The molecular formula is C14H13F3N2O2. The Morgan fingerprint density at radius 3 is 2.86 bits per heavy atom. The SMILES string of the molecule is OC(Cc1nc(C2CCc3ccccc32)no1)C(F)(F)F. The predicted molar refractivity (Wildman–Crippen MR) is 66.7 cm³/mol. The number of hydrogen-bond acceptors (Lipinski definition) is 4. The van der Waals surface area contributed by atoms with Crippen molar-refractivity contribution in [3.05, 3.63) is 47.1 Å². The van der Waals surface area contributed by atoms with Crippen molar-refractivity contribution in [2.45, 2.75) is 37.5 Å². The average molecular weight is 298 g/mol. The van der Waals surface area contributed by atoms with Gasteiger partial charge in [0.05, 0.1) is 6.42 Å². The van der Waals surface area contributed by atoms with E-state index in [2.05, 4.69) is 10.1 Å². The van der Waals surface area contributed by atoms with Crippen LogP contribution < -0.4 is 0 Å². The van der Waals surface area contributed by atoms with Gasteiger partial charge in [-0.25, -0.2) is 0 Å². The minimum Gasteiger partial charge on any atom is -0.383 e. The fraction of sp³-hybridized carbons (Fsp3) is 0.429. The van der Waals surface area contributed by atoms with E-state index in [1.54, 1.807) is 0 Å². The molecule has 0 saturated carbocycles. The number of alkyl halides is 3. The maximum atomic E-state index is 12.3. The van der Waals surface area contributed by atoms with Crippen molar-refractivity contribution in [2.75, 3.05) is 0 Å². The lowest BCUT2D eigenvalue weighted by atomic mass is 10.0. The van der Waals surface area contributed by atoms with E-state index in [0.29, 0.717) is 5.82 Å². The summed E-state index contributed by atoms with van der Waals surface area (Å²) in [5.74, 6) is 0.130. The molecule has 2 atom stereocenters. The summed E-state index contributed by atoms with van der Waals surface area (Å²) < 4.78 is 41.7. The molecule has 2 aromatic rings. The van der Waals surface area contributed by atoms with Gasteiger partial charge in [0.2, 0.25) is 5.89 Å². The molecule has 1 aromatic heterocycles. The van der Waals surface area contributed by atoms with Crippen molar-refractivity contribution in [3.63, 3.8) is 0 Å². The van der Waals surface area contributed by atoms with E-state index < -0.39 is 18.7 Å². The molecule has 0 amide bonds. The molecule has 0 radical (unpaired) electrons. The highest BCUT2D eigenvalue weighted by Crippen LogP contribution is 2.36. The Morgan fingerprint density at radius 2 is 2.10 bits per heavy atom. The van der Waals surface area contributed by atoms with E-state index in [1.807, 2.05) is 24.3 Å². The summed E-state index contributed by atoms with van der Waals surface area (Å²) in [6, 6.07) is 7.84. The van der Waals surface area contributed by atoms with Crippen LogP contribution in [-0.2, 0) is 12.8 Å². The van der Waals surface area contributed by atoms with Gasteiger partial charge in [0.25, 0.3) is 0 Å². The van der Waals surface area contributed by atoms with Gasteiger partial charge >= 0.3 is 6.18 Å². The summed E-state index contributed by atoms with van der Waals surface area (Å²) in [5.41, 5.74) is 2.28. The molecule has 1 aliphatic carbocycles. The van der Waals surface area contributed by atoms with Gasteiger partial charge in [-0.15, -0.1) is 0 Å². The summed E-state index contributed by atoms with van der Waals surface area (Å²) in [7, 11) is 0. The number of aliphatic hydroxyl groups is 1. The molecule has 0 spiro atoms. The van der Waals surface area contributed by atoms with Crippen molar-refractivity contribution in [1.82, 2.24) is 10.1 Å². The summed E-state index contributed by atoms with van der Waals surface area (Å²) in [6.45, 7) is 0. The molecule has 1 N–H and O–H groups in total. The summed E-state index contributed by atoms with van der Waals surface area (Å²) in [5, 5.41) is 12.8. The van der Waals surface area contributed by atoms with E-state index in [-0.39, 0.29) is 11.8 Å². The van der Waals surface area contributed by atoms with Crippen molar-refractivity contribution < 1.29 is 22.8 Å². The fourth-order valence-corrected chi connectivity index (χ4v) is 2.60.